The minimum Gasteiger partial charge on any atom is -0.322 e. The number of aromatic nitrogens is 4. The first-order chi connectivity index (χ1) is 11.3. The Balaban J connectivity index is 1.71. The van der Waals surface area contributed by atoms with Gasteiger partial charge in [-0.3, -0.25) is 4.98 Å². The van der Waals surface area contributed by atoms with Crippen LogP contribution in [0.3, 0.4) is 0 Å². The highest BCUT2D eigenvalue weighted by molar-refractivity contribution is 7.14. The monoisotopic (exact) mass is 319 g/mol. The number of hydrogen-bond acceptors (Lipinski definition) is 6. The molecular formula is C17H13N5S. The zero-order chi connectivity index (χ0) is 15.6. The van der Waals surface area contributed by atoms with Crippen LogP contribution in [0.25, 0.3) is 21.6 Å². The molecule has 0 saturated heterocycles. The van der Waals surface area contributed by atoms with Gasteiger partial charge in [-0.2, -0.15) is 0 Å². The third-order valence-electron chi connectivity index (χ3n) is 3.38. The van der Waals surface area contributed by atoms with E-state index in [0.717, 1.165) is 32.2 Å². The first-order valence-electron chi connectivity index (χ1n) is 7.16. The predicted octanol–water partition coefficient (Wildman–Crippen LogP) is 4.20. The van der Waals surface area contributed by atoms with Crippen molar-refractivity contribution in [3.8, 4) is 10.7 Å². The highest BCUT2D eigenvalue weighted by Gasteiger charge is 2.08. The maximum Gasteiger partial charge on any atom is 0.227 e. The van der Waals surface area contributed by atoms with Gasteiger partial charge in [0.05, 0.1) is 11.2 Å². The van der Waals surface area contributed by atoms with Crippen LogP contribution in [0.5, 0.6) is 0 Å². The number of thiazole rings is 1. The Bertz CT molecular complexity index is 974. The molecule has 112 valence electrons. The number of fused-ring (bicyclic) bond motifs is 1. The Morgan fingerprint density at radius 3 is 2.74 bits per heavy atom. The summed E-state index contributed by atoms with van der Waals surface area (Å²) in [4.78, 5) is 18.8. The number of hydrogen-bond donors (Lipinski definition) is 1. The summed E-state index contributed by atoms with van der Waals surface area (Å²) in [6.07, 6.45) is 5.37. The van der Waals surface area contributed by atoms with Crippen LogP contribution >= 0.6 is 11.3 Å². The van der Waals surface area contributed by atoms with Crippen LogP contribution in [0.4, 0.5) is 11.6 Å². The van der Waals surface area contributed by atoms with Gasteiger partial charge in [0.15, 0.2) is 0 Å². The van der Waals surface area contributed by atoms with E-state index in [2.05, 4.69) is 25.3 Å². The summed E-state index contributed by atoms with van der Waals surface area (Å²) < 4.78 is 0. The van der Waals surface area contributed by atoms with Crippen molar-refractivity contribution in [2.75, 3.05) is 5.32 Å². The van der Waals surface area contributed by atoms with Crippen molar-refractivity contribution in [2.45, 2.75) is 6.92 Å². The quantitative estimate of drug-likeness (QED) is 0.613. The molecule has 5 nitrogen and oxygen atoms in total. The van der Waals surface area contributed by atoms with Crippen LogP contribution in [0.15, 0.2) is 55.0 Å². The number of para-hydroxylation sites is 1. The minimum absolute atomic E-state index is 0.536. The topological polar surface area (TPSA) is 63.6 Å². The number of anilines is 2. The summed E-state index contributed by atoms with van der Waals surface area (Å²) in [6.45, 7) is 2.03. The molecule has 0 amide bonds. The van der Waals surface area contributed by atoms with Crippen LogP contribution in [0.1, 0.15) is 4.88 Å². The number of nitrogens with one attached hydrogen (secondary N) is 1. The molecular weight excluding hydrogens is 306 g/mol. The van der Waals surface area contributed by atoms with Gasteiger partial charge in [0.25, 0.3) is 0 Å². The van der Waals surface area contributed by atoms with Crippen LogP contribution in [-0.2, 0) is 0 Å². The molecule has 0 spiro atoms. The minimum atomic E-state index is 0.536. The molecule has 6 heteroatoms. The van der Waals surface area contributed by atoms with Crippen molar-refractivity contribution >= 4 is 33.9 Å². The number of pyridine rings is 1. The Morgan fingerprint density at radius 2 is 1.87 bits per heavy atom. The van der Waals surface area contributed by atoms with Crippen molar-refractivity contribution in [3.05, 3.63) is 59.9 Å². The fourth-order valence-corrected chi connectivity index (χ4v) is 3.07. The van der Waals surface area contributed by atoms with E-state index < -0.39 is 0 Å². The molecule has 1 aromatic carbocycles. The van der Waals surface area contributed by atoms with Gasteiger partial charge in [-0.15, -0.1) is 11.3 Å². The van der Waals surface area contributed by atoms with E-state index in [9.17, 15) is 0 Å². The SMILES string of the molecule is Cc1cnc(-c2ccnc(Nc3cccc4cccnc34)n2)s1. The van der Waals surface area contributed by atoms with Gasteiger partial charge in [-0.25, -0.2) is 15.0 Å². The fraction of sp³-hybridized carbons (Fsp3) is 0.0588. The lowest BCUT2D eigenvalue weighted by Crippen LogP contribution is -1.99. The van der Waals surface area contributed by atoms with Crippen LogP contribution < -0.4 is 5.32 Å². The molecule has 0 saturated carbocycles. The molecule has 3 heterocycles. The Morgan fingerprint density at radius 1 is 0.957 bits per heavy atom. The third-order valence-corrected chi connectivity index (χ3v) is 4.31. The largest absolute Gasteiger partial charge is 0.322 e. The Hall–Kier alpha value is -2.86. The second-order valence-electron chi connectivity index (χ2n) is 5.05. The molecule has 3 aromatic heterocycles. The maximum absolute atomic E-state index is 4.56. The van der Waals surface area contributed by atoms with Gasteiger partial charge in [0, 0.05) is 28.9 Å². The molecule has 0 fully saturated rings. The first kappa shape index (κ1) is 13.8. The normalized spacial score (nSPS) is 10.8. The molecule has 0 radical (unpaired) electrons. The van der Waals surface area contributed by atoms with E-state index in [-0.39, 0.29) is 0 Å². The highest BCUT2D eigenvalue weighted by atomic mass is 32.1. The van der Waals surface area contributed by atoms with E-state index in [0.29, 0.717) is 5.95 Å². The van der Waals surface area contributed by atoms with Crippen LogP contribution in [0.2, 0.25) is 0 Å². The predicted molar refractivity (Wildman–Crippen MR) is 92.9 cm³/mol. The summed E-state index contributed by atoms with van der Waals surface area (Å²) in [5, 5.41) is 5.22. The Kier molecular flexibility index (Phi) is 3.44. The van der Waals surface area contributed by atoms with Gasteiger partial charge in [0.2, 0.25) is 5.95 Å². The summed E-state index contributed by atoms with van der Waals surface area (Å²) in [5.74, 6) is 0.536. The van der Waals surface area contributed by atoms with E-state index in [1.54, 1.807) is 23.7 Å². The molecule has 0 atom stereocenters. The summed E-state index contributed by atoms with van der Waals surface area (Å²) in [5.41, 5.74) is 2.60. The molecule has 0 aliphatic rings. The molecule has 0 aliphatic heterocycles. The zero-order valence-electron chi connectivity index (χ0n) is 12.4. The summed E-state index contributed by atoms with van der Waals surface area (Å²) >= 11 is 1.62. The van der Waals surface area contributed by atoms with Crippen LogP contribution in [-0.4, -0.2) is 19.9 Å². The number of benzene rings is 1. The van der Waals surface area contributed by atoms with Gasteiger partial charge in [-0.05, 0) is 25.1 Å². The average Bonchev–Trinajstić information content (AvgIpc) is 3.02. The maximum atomic E-state index is 4.56. The molecule has 4 rings (SSSR count). The molecule has 0 bridgehead atoms. The molecule has 1 N–H and O–H groups in total. The van der Waals surface area contributed by atoms with Crippen LogP contribution in [0, 0.1) is 6.92 Å². The van der Waals surface area contributed by atoms with Gasteiger partial charge >= 0.3 is 0 Å². The summed E-state index contributed by atoms with van der Waals surface area (Å²) in [7, 11) is 0. The number of aryl methyl sites for hydroxylation is 1. The average molecular weight is 319 g/mol. The Labute approximate surface area is 137 Å². The van der Waals surface area contributed by atoms with Crippen molar-refractivity contribution in [3.63, 3.8) is 0 Å². The van der Waals surface area contributed by atoms with Gasteiger partial charge < -0.3 is 5.32 Å². The summed E-state index contributed by atoms with van der Waals surface area (Å²) in [6, 6.07) is 11.8. The number of rotatable bonds is 3. The molecule has 23 heavy (non-hydrogen) atoms. The second kappa shape index (κ2) is 5.73. The number of nitrogens with zero attached hydrogens (tertiary/aromatic N) is 4. The van der Waals surface area contributed by atoms with Crippen molar-refractivity contribution < 1.29 is 0 Å². The molecule has 0 aliphatic carbocycles. The first-order valence-corrected chi connectivity index (χ1v) is 7.98. The van der Waals surface area contributed by atoms with E-state index in [4.69, 9.17) is 0 Å². The second-order valence-corrected chi connectivity index (χ2v) is 6.28. The van der Waals surface area contributed by atoms with E-state index in [1.165, 1.54) is 0 Å². The molecule has 4 aromatic rings. The van der Waals surface area contributed by atoms with Gasteiger partial charge in [0.1, 0.15) is 10.7 Å². The fourth-order valence-electron chi connectivity index (χ4n) is 2.34. The third kappa shape index (κ3) is 2.76. The standard InChI is InChI=1S/C17H13N5S/c1-11-10-20-16(23-11)14-7-9-19-17(22-14)21-13-6-2-4-12-5-3-8-18-15(12)13/h2-10H,1H3,(H,19,21,22). The van der Waals surface area contributed by atoms with Crippen molar-refractivity contribution in [2.24, 2.45) is 0 Å². The highest BCUT2D eigenvalue weighted by Crippen LogP contribution is 2.26. The smallest absolute Gasteiger partial charge is 0.227 e. The van der Waals surface area contributed by atoms with E-state index in [1.807, 2.05) is 49.5 Å². The lowest BCUT2D eigenvalue weighted by molar-refractivity contribution is 1.16. The lowest BCUT2D eigenvalue weighted by Gasteiger charge is -2.08. The van der Waals surface area contributed by atoms with Crippen molar-refractivity contribution in [1.29, 1.82) is 0 Å². The van der Waals surface area contributed by atoms with Crippen molar-refractivity contribution in [1.82, 2.24) is 19.9 Å². The lowest BCUT2D eigenvalue weighted by atomic mass is 10.2. The van der Waals surface area contributed by atoms with Gasteiger partial charge in [-0.1, -0.05) is 18.2 Å². The zero-order valence-corrected chi connectivity index (χ0v) is 13.2. The van der Waals surface area contributed by atoms with E-state index >= 15 is 0 Å². The molecule has 0 unspecified atom stereocenters.